The summed E-state index contributed by atoms with van der Waals surface area (Å²) in [4.78, 5) is 0. The van der Waals surface area contributed by atoms with E-state index in [-0.39, 0.29) is 4.29 Å². The second kappa shape index (κ2) is 3.98. The number of rotatable bonds is 2. The molecule has 3 heteroatoms. The SMILES string of the molecule is COc1ccccc1C(Cl)Br. The highest BCUT2D eigenvalue weighted by molar-refractivity contribution is 9.09. The van der Waals surface area contributed by atoms with Gasteiger partial charge in [-0.1, -0.05) is 34.1 Å². The van der Waals surface area contributed by atoms with Crippen LogP contribution in [0.5, 0.6) is 5.75 Å². The van der Waals surface area contributed by atoms with Crippen molar-refractivity contribution in [3.8, 4) is 5.75 Å². The Hall–Kier alpha value is -0.210. The molecule has 0 spiro atoms. The molecule has 1 aromatic carbocycles. The molecule has 0 saturated heterocycles. The van der Waals surface area contributed by atoms with E-state index in [2.05, 4.69) is 15.9 Å². The minimum Gasteiger partial charge on any atom is -0.496 e. The number of benzene rings is 1. The molecule has 1 rings (SSSR count). The molecule has 0 fully saturated rings. The van der Waals surface area contributed by atoms with Gasteiger partial charge in [0.1, 0.15) is 10.0 Å². The molecular weight excluding hydrogens is 227 g/mol. The van der Waals surface area contributed by atoms with Crippen molar-refractivity contribution in [2.75, 3.05) is 7.11 Å². The fourth-order valence-electron chi connectivity index (χ4n) is 0.847. The van der Waals surface area contributed by atoms with Crippen LogP contribution in [-0.2, 0) is 0 Å². The van der Waals surface area contributed by atoms with Gasteiger partial charge in [-0.3, -0.25) is 0 Å². The van der Waals surface area contributed by atoms with Crippen molar-refractivity contribution in [3.63, 3.8) is 0 Å². The lowest BCUT2D eigenvalue weighted by atomic mass is 10.2. The number of alkyl halides is 2. The first-order chi connectivity index (χ1) is 5.25. The van der Waals surface area contributed by atoms with Crippen LogP contribution in [0.25, 0.3) is 0 Å². The van der Waals surface area contributed by atoms with Gasteiger partial charge in [0, 0.05) is 5.56 Å². The highest BCUT2D eigenvalue weighted by Crippen LogP contribution is 2.33. The van der Waals surface area contributed by atoms with Crippen LogP contribution in [0.4, 0.5) is 0 Å². The number of methoxy groups -OCH3 is 1. The van der Waals surface area contributed by atoms with Crippen LogP contribution in [-0.4, -0.2) is 7.11 Å². The van der Waals surface area contributed by atoms with E-state index in [1.165, 1.54) is 0 Å². The van der Waals surface area contributed by atoms with Gasteiger partial charge in [-0.25, -0.2) is 0 Å². The summed E-state index contributed by atoms with van der Waals surface area (Å²) in [7, 11) is 1.63. The maximum Gasteiger partial charge on any atom is 0.124 e. The van der Waals surface area contributed by atoms with Crippen molar-refractivity contribution < 1.29 is 4.74 Å². The van der Waals surface area contributed by atoms with Gasteiger partial charge in [-0.15, -0.1) is 11.6 Å². The Labute approximate surface area is 79.4 Å². The van der Waals surface area contributed by atoms with E-state index in [0.29, 0.717) is 0 Å². The highest BCUT2D eigenvalue weighted by atomic mass is 79.9. The van der Waals surface area contributed by atoms with Crippen LogP contribution in [0.1, 0.15) is 9.85 Å². The van der Waals surface area contributed by atoms with Gasteiger partial charge < -0.3 is 4.74 Å². The summed E-state index contributed by atoms with van der Waals surface area (Å²) in [6.45, 7) is 0. The van der Waals surface area contributed by atoms with Gasteiger partial charge >= 0.3 is 0 Å². The summed E-state index contributed by atoms with van der Waals surface area (Å²) < 4.78 is 4.91. The minimum absolute atomic E-state index is 0.182. The number of hydrogen-bond acceptors (Lipinski definition) is 1. The monoisotopic (exact) mass is 234 g/mol. The van der Waals surface area contributed by atoms with Gasteiger partial charge in [0.2, 0.25) is 0 Å². The van der Waals surface area contributed by atoms with E-state index < -0.39 is 0 Å². The molecule has 60 valence electrons. The van der Waals surface area contributed by atoms with Crippen LogP contribution in [0.3, 0.4) is 0 Å². The molecule has 1 atom stereocenters. The first kappa shape index (κ1) is 8.88. The Kier molecular flexibility index (Phi) is 3.21. The van der Waals surface area contributed by atoms with Crippen molar-refractivity contribution >= 4 is 27.5 Å². The fraction of sp³-hybridized carbons (Fsp3) is 0.250. The molecule has 0 aliphatic heterocycles. The second-order valence-electron chi connectivity index (χ2n) is 2.04. The largest absolute Gasteiger partial charge is 0.496 e. The number of para-hydroxylation sites is 1. The highest BCUT2D eigenvalue weighted by Gasteiger charge is 2.07. The molecule has 0 bridgehead atoms. The molecule has 1 aromatic rings. The van der Waals surface area contributed by atoms with Crippen LogP contribution in [0, 0.1) is 0 Å². The molecule has 0 saturated carbocycles. The fourth-order valence-corrected chi connectivity index (χ4v) is 1.41. The van der Waals surface area contributed by atoms with Crippen molar-refractivity contribution in [3.05, 3.63) is 29.8 Å². The zero-order chi connectivity index (χ0) is 8.27. The van der Waals surface area contributed by atoms with E-state index >= 15 is 0 Å². The molecule has 1 unspecified atom stereocenters. The lowest BCUT2D eigenvalue weighted by molar-refractivity contribution is 0.411. The van der Waals surface area contributed by atoms with E-state index in [9.17, 15) is 0 Å². The summed E-state index contributed by atoms with van der Waals surface area (Å²) in [6.07, 6.45) is 0. The van der Waals surface area contributed by atoms with Gasteiger partial charge in [0.25, 0.3) is 0 Å². The summed E-state index contributed by atoms with van der Waals surface area (Å²) in [5, 5.41) is 0. The standard InChI is InChI=1S/C8H8BrClO/c1-11-7-5-3-2-4-6(7)8(9)10/h2-5,8H,1H3. The van der Waals surface area contributed by atoms with Crippen LogP contribution >= 0.6 is 27.5 Å². The van der Waals surface area contributed by atoms with Crippen molar-refractivity contribution in [2.24, 2.45) is 0 Å². The lowest BCUT2D eigenvalue weighted by Crippen LogP contribution is -1.89. The summed E-state index contributed by atoms with van der Waals surface area (Å²) in [5.74, 6) is 0.810. The van der Waals surface area contributed by atoms with Gasteiger partial charge in [-0.05, 0) is 6.07 Å². The van der Waals surface area contributed by atoms with Crippen LogP contribution < -0.4 is 4.74 Å². The quantitative estimate of drug-likeness (QED) is 0.715. The van der Waals surface area contributed by atoms with Gasteiger partial charge in [0.15, 0.2) is 0 Å². The van der Waals surface area contributed by atoms with Gasteiger partial charge in [0.05, 0.1) is 7.11 Å². The predicted octanol–water partition coefficient (Wildman–Crippen LogP) is 3.33. The smallest absolute Gasteiger partial charge is 0.124 e. The third kappa shape index (κ3) is 2.11. The normalized spacial score (nSPS) is 12.6. The zero-order valence-corrected chi connectivity index (χ0v) is 8.39. The van der Waals surface area contributed by atoms with E-state index in [4.69, 9.17) is 16.3 Å². The first-order valence-corrected chi connectivity index (χ1v) is 4.52. The van der Waals surface area contributed by atoms with Crippen LogP contribution in [0.15, 0.2) is 24.3 Å². The minimum atomic E-state index is -0.182. The van der Waals surface area contributed by atoms with E-state index in [1.807, 2.05) is 24.3 Å². The average molecular weight is 236 g/mol. The number of hydrogen-bond donors (Lipinski definition) is 0. The summed E-state index contributed by atoms with van der Waals surface area (Å²) in [5.41, 5.74) is 0.955. The Morgan fingerprint density at radius 3 is 2.55 bits per heavy atom. The maximum absolute atomic E-state index is 5.82. The number of halogens is 2. The molecule has 0 aromatic heterocycles. The average Bonchev–Trinajstić information content (AvgIpc) is 2.04. The molecule has 0 aliphatic carbocycles. The van der Waals surface area contributed by atoms with Gasteiger partial charge in [-0.2, -0.15) is 0 Å². The summed E-state index contributed by atoms with van der Waals surface area (Å²) >= 11 is 9.08. The summed E-state index contributed by atoms with van der Waals surface area (Å²) in [6, 6.07) is 7.64. The lowest BCUT2D eigenvalue weighted by Gasteiger charge is -2.07. The van der Waals surface area contributed by atoms with Crippen molar-refractivity contribution in [1.29, 1.82) is 0 Å². The third-order valence-electron chi connectivity index (χ3n) is 1.37. The maximum atomic E-state index is 5.82. The van der Waals surface area contributed by atoms with Crippen molar-refractivity contribution in [2.45, 2.75) is 4.29 Å². The molecule has 0 heterocycles. The molecule has 1 nitrogen and oxygen atoms in total. The molecular formula is C8H8BrClO. The molecule has 0 N–H and O–H groups in total. The Morgan fingerprint density at radius 1 is 1.45 bits per heavy atom. The molecule has 0 amide bonds. The van der Waals surface area contributed by atoms with E-state index in [0.717, 1.165) is 11.3 Å². The first-order valence-electron chi connectivity index (χ1n) is 3.16. The Bertz CT molecular complexity index is 237. The van der Waals surface area contributed by atoms with E-state index in [1.54, 1.807) is 7.11 Å². The zero-order valence-electron chi connectivity index (χ0n) is 6.05. The topological polar surface area (TPSA) is 9.23 Å². The molecule has 0 radical (unpaired) electrons. The number of ether oxygens (including phenoxy) is 1. The predicted molar refractivity (Wildman–Crippen MR) is 50.5 cm³/mol. The molecule has 11 heavy (non-hydrogen) atoms. The third-order valence-corrected chi connectivity index (χ3v) is 2.10. The Morgan fingerprint density at radius 2 is 2.09 bits per heavy atom. The second-order valence-corrected chi connectivity index (χ2v) is 3.92. The molecule has 0 aliphatic rings. The Balaban J connectivity index is 3.02. The van der Waals surface area contributed by atoms with Crippen LogP contribution in [0.2, 0.25) is 0 Å². The van der Waals surface area contributed by atoms with Crippen molar-refractivity contribution in [1.82, 2.24) is 0 Å².